The molecule has 15 nitrogen and oxygen atoms in total. The lowest BCUT2D eigenvalue weighted by Gasteiger charge is -2.42. The predicted octanol–water partition coefficient (Wildman–Crippen LogP) is 6.26. The highest BCUT2D eigenvalue weighted by Gasteiger charge is 2.47. The molecule has 0 spiro atoms. The maximum Gasteiger partial charge on any atom is 0.306 e. The van der Waals surface area contributed by atoms with Crippen LogP contribution in [0.3, 0.4) is 0 Å². The Hall–Kier alpha value is -3.06. The Labute approximate surface area is 393 Å². The Bertz CT molecular complexity index is 1430. The van der Waals surface area contributed by atoms with Crippen LogP contribution in [0.4, 0.5) is 0 Å². The summed E-state index contributed by atoms with van der Waals surface area (Å²) in [5.74, 6) is -1.02. The van der Waals surface area contributed by atoms with Crippen LogP contribution in [0.2, 0.25) is 0 Å². The van der Waals surface area contributed by atoms with Gasteiger partial charge in [0.25, 0.3) is 0 Å². The van der Waals surface area contributed by atoms with Crippen molar-refractivity contribution in [3.05, 3.63) is 72.9 Å². The van der Waals surface area contributed by atoms with Crippen molar-refractivity contribution in [2.24, 2.45) is 0 Å². The molecule has 5 unspecified atom stereocenters. The SMILES string of the molecule is CC/C=C/C=C/C=C/C=C/C=C/CCCC(=O)OC(COC(=O)CCCCCCCCC/C=C/CCCCCCCC)CO[C@@H]1O[C@H](CO[C@@H]2O[C@H](CO)[C@H](O)C(O)C2O)[C@H](O)C(O)C1O. The molecule has 0 aromatic carbocycles. The fraction of sp³-hybridized carbons (Fsp3) is 0.725. The summed E-state index contributed by atoms with van der Waals surface area (Å²) in [6.07, 6.45) is 26.6. The minimum Gasteiger partial charge on any atom is -0.462 e. The van der Waals surface area contributed by atoms with Crippen LogP contribution in [-0.4, -0.2) is 142 Å². The molecule has 7 N–H and O–H groups in total. The van der Waals surface area contributed by atoms with Crippen molar-refractivity contribution in [2.75, 3.05) is 26.4 Å². The van der Waals surface area contributed by atoms with E-state index in [9.17, 15) is 45.3 Å². The highest BCUT2D eigenvalue weighted by Crippen LogP contribution is 2.26. The second-order valence-electron chi connectivity index (χ2n) is 17.0. The number of esters is 2. The van der Waals surface area contributed by atoms with Crippen molar-refractivity contribution in [3.63, 3.8) is 0 Å². The molecule has 2 aliphatic heterocycles. The predicted molar refractivity (Wildman–Crippen MR) is 252 cm³/mol. The van der Waals surface area contributed by atoms with Crippen molar-refractivity contribution in [3.8, 4) is 0 Å². The largest absolute Gasteiger partial charge is 0.462 e. The van der Waals surface area contributed by atoms with E-state index in [1.165, 1.54) is 57.8 Å². The Morgan fingerprint density at radius 1 is 0.500 bits per heavy atom. The van der Waals surface area contributed by atoms with Gasteiger partial charge in [-0.1, -0.05) is 151 Å². The van der Waals surface area contributed by atoms with Gasteiger partial charge in [0.05, 0.1) is 19.8 Å². The van der Waals surface area contributed by atoms with Gasteiger partial charge in [-0.15, -0.1) is 0 Å². The number of carbonyl (C=O) groups is 2. The highest BCUT2D eigenvalue weighted by atomic mass is 16.7. The van der Waals surface area contributed by atoms with Crippen LogP contribution in [-0.2, 0) is 38.0 Å². The number of aliphatic hydroxyl groups is 7. The Kier molecular flexibility index (Phi) is 33.9. The summed E-state index contributed by atoms with van der Waals surface area (Å²) in [7, 11) is 0. The zero-order chi connectivity index (χ0) is 48.2. The maximum absolute atomic E-state index is 12.9. The van der Waals surface area contributed by atoms with Crippen molar-refractivity contribution < 1.29 is 73.8 Å². The summed E-state index contributed by atoms with van der Waals surface area (Å²) in [6, 6.07) is 0. The van der Waals surface area contributed by atoms with E-state index in [1.807, 2.05) is 54.7 Å². The van der Waals surface area contributed by atoms with E-state index in [2.05, 4.69) is 32.1 Å². The molecular formula is C51H84O15. The molecule has 2 saturated heterocycles. The zero-order valence-corrected chi connectivity index (χ0v) is 39.6. The van der Waals surface area contributed by atoms with E-state index in [0.29, 0.717) is 19.3 Å². The topological polar surface area (TPSA) is 231 Å². The first-order valence-electron chi connectivity index (χ1n) is 24.6. The normalized spacial score (nSPS) is 26.8. The second kappa shape index (κ2) is 37.9. The fourth-order valence-electron chi connectivity index (χ4n) is 7.24. The lowest BCUT2D eigenvalue weighted by atomic mass is 9.98. The molecule has 0 radical (unpaired) electrons. The standard InChI is InChI=1S/C51H84O15/c1-3-5-7-9-11-13-15-17-18-19-20-22-23-25-27-29-31-33-42(53)61-36-39(64-43(54)34-32-30-28-26-24-21-16-14-12-10-8-6-4-2)37-62-50-49(60)47(58)45(56)41(66-50)38-63-51-48(59)46(57)44(55)40(35-52)65-51/h6,8,10,12,14,16-18,21,24,26,28,39-41,44-52,55-60H,3-5,7,9,11,13,15,19-20,22-23,25,27,29-38H2,1-2H3/b8-6+,12-10+,16-14+,18-17+,24-21+,28-26+/t39?,40-,41-,44+,45+,46?,47?,48?,49?,50-,51-/m1/s1. The molecule has 66 heavy (non-hydrogen) atoms. The summed E-state index contributed by atoms with van der Waals surface area (Å²) in [6.45, 7) is 2.33. The summed E-state index contributed by atoms with van der Waals surface area (Å²) in [4.78, 5) is 25.7. The van der Waals surface area contributed by atoms with Gasteiger partial charge in [-0.2, -0.15) is 0 Å². The number of carbonyl (C=O) groups excluding carboxylic acids is 2. The van der Waals surface area contributed by atoms with Crippen molar-refractivity contribution in [2.45, 2.75) is 210 Å². The third kappa shape index (κ3) is 25.9. The lowest BCUT2D eigenvalue weighted by Crippen LogP contribution is -2.61. The number of aliphatic hydroxyl groups excluding tert-OH is 7. The van der Waals surface area contributed by atoms with Crippen molar-refractivity contribution >= 4 is 11.9 Å². The van der Waals surface area contributed by atoms with Gasteiger partial charge in [0.2, 0.25) is 0 Å². The van der Waals surface area contributed by atoms with Gasteiger partial charge >= 0.3 is 11.9 Å². The summed E-state index contributed by atoms with van der Waals surface area (Å²) >= 11 is 0. The van der Waals surface area contributed by atoms with E-state index in [4.69, 9.17) is 28.4 Å². The molecule has 0 bridgehead atoms. The molecule has 11 atom stereocenters. The van der Waals surface area contributed by atoms with Crippen LogP contribution < -0.4 is 0 Å². The number of hydrogen-bond donors (Lipinski definition) is 7. The molecule has 0 aliphatic carbocycles. The van der Waals surface area contributed by atoms with Crippen molar-refractivity contribution in [1.29, 1.82) is 0 Å². The molecule has 378 valence electrons. The molecule has 2 fully saturated rings. The van der Waals surface area contributed by atoms with E-state index in [-0.39, 0.29) is 19.4 Å². The Balaban J connectivity index is 1.85. The van der Waals surface area contributed by atoms with Gasteiger partial charge in [0.15, 0.2) is 18.7 Å². The smallest absolute Gasteiger partial charge is 0.306 e. The molecule has 0 amide bonds. The monoisotopic (exact) mass is 937 g/mol. The molecule has 0 aromatic heterocycles. The van der Waals surface area contributed by atoms with Crippen LogP contribution in [0.25, 0.3) is 0 Å². The number of allylic oxidation sites excluding steroid dienone is 12. The van der Waals surface area contributed by atoms with Gasteiger partial charge < -0.3 is 64.2 Å². The van der Waals surface area contributed by atoms with Crippen LogP contribution in [0.15, 0.2) is 72.9 Å². The molecule has 0 saturated carbocycles. The number of unbranched alkanes of at least 4 members (excludes halogenated alkanes) is 14. The third-order valence-electron chi connectivity index (χ3n) is 11.3. The van der Waals surface area contributed by atoms with Gasteiger partial charge in [-0.05, 0) is 51.4 Å². The average molecular weight is 937 g/mol. The second-order valence-corrected chi connectivity index (χ2v) is 17.0. The summed E-state index contributed by atoms with van der Waals surface area (Å²) in [5.41, 5.74) is 0. The molecule has 0 aromatic rings. The van der Waals surface area contributed by atoms with Crippen LogP contribution in [0.1, 0.15) is 142 Å². The molecule has 2 aliphatic rings. The van der Waals surface area contributed by atoms with E-state index < -0.39 is 99.3 Å². The van der Waals surface area contributed by atoms with E-state index >= 15 is 0 Å². The minimum absolute atomic E-state index is 0.0647. The molecule has 2 heterocycles. The number of hydrogen-bond acceptors (Lipinski definition) is 15. The number of rotatable bonds is 36. The molecule has 15 heteroatoms. The quantitative estimate of drug-likeness (QED) is 0.0159. The average Bonchev–Trinajstić information content (AvgIpc) is 3.31. The van der Waals surface area contributed by atoms with Gasteiger partial charge in [0.1, 0.15) is 55.4 Å². The van der Waals surface area contributed by atoms with Crippen LogP contribution in [0, 0.1) is 0 Å². The zero-order valence-electron chi connectivity index (χ0n) is 39.6. The molecular weight excluding hydrogens is 853 g/mol. The van der Waals surface area contributed by atoms with Gasteiger partial charge in [-0.25, -0.2) is 0 Å². The first-order valence-corrected chi connectivity index (χ1v) is 24.6. The van der Waals surface area contributed by atoms with Crippen LogP contribution >= 0.6 is 0 Å². The number of ether oxygens (including phenoxy) is 6. The molecule has 2 rings (SSSR count). The third-order valence-corrected chi connectivity index (χ3v) is 11.3. The van der Waals surface area contributed by atoms with Gasteiger partial charge in [-0.3, -0.25) is 9.59 Å². The van der Waals surface area contributed by atoms with Gasteiger partial charge in [0, 0.05) is 12.8 Å². The summed E-state index contributed by atoms with van der Waals surface area (Å²) in [5, 5.41) is 72.0. The van der Waals surface area contributed by atoms with E-state index in [1.54, 1.807) is 0 Å². The van der Waals surface area contributed by atoms with Crippen LogP contribution in [0.5, 0.6) is 0 Å². The van der Waals surface area contributed by atoms with Crippen molar-refractivity contribution in [1.82, 2.24) is 0 Å². The first kappa shape index (κ1) is 59.1. The fourth-order valence-corrected chi connectivity index (χ4v) is 7.24. The summed E-state index contributed by atoms with van der Waals surface area (Å²) < 4.78 is 33.4. The Morgan fingerprint density at radius 3 is 1.58 bits per heavy atom. The Morgan fingerprint density at radius 2 is 0.985 bits per heavy atom. The highest BCUT2D eigenvalue weighted by molar-refractivity contribution is 5.70. The maximum atomic E-state index is 12.9. The lowest BCUT2D eigenvalue weighted by molar-refractivity contribution is -0.332. The minimum atomic E-state index is -1.78. The first-order chi connectivity index (χ1) is 32.0. The van der Waals surface area contributed by atoms with E-state index in [0.717, 1.165) is 38.5 Å².